The third-order valence-corrected chi connectivity index (χ3v) is 5.29. The van der Waals surface area contributed by atoms with Crippen LogP contribution >= 0.6 is 0 Å². The summed E-state index contributed by atoms with van der Waals surface area (Å²) in [5, 5.41) is 22.2. The molecule has 30 heavy (non-hydrogen) atoms. The molecule has 0 radical (unpaired) electrons. The van der Waals surface area contributed by atoms with Gasteiger partial charge in [0.25, 0.3) is 0 Å². The lowest BCUT2D eigenvalue weighted by Gasteiger charge is -2.20. The Hall–Kier alpha value is -1.40. The van der Waals surface area contributed by atoms with Crippen LogP contribution in [0.25, 0.3) is 0 Å². The highest BCUT2D eigenvalue weighted by atomic mass is 16.5. The number of unbranched alkanes of at least 4 members (excludes halogenated alkanes) is 8. The van der Waals surface area contributed by atoms with Crippen LogP contribution in [0.5, 0.6) is 0 Å². The summed E-state index contributed by atoms with van der Waals surface area (Å²) in [7, 11) is 0. The van der Waals surface area contributed by atoms with Crippen molar-refractivity contribution in [1.29, 1.82) is 0 Å². The van der Waals surface area contributed by atoms with Gasteiger partial charge in [-0.1, -0.05) is 78.1 Å². The van der Waals surface area contributed by atoms with Gasteiger partial charge in [0.15, 0.2) is 0 Å². The molecule has 0 aliphatic rings. The molecule has 0 saturated carbocycles. The number of nitrogens with one attached hydrogen (secondary N) is 1. The number of aliphatic carboxylic acids is 1. The largest absolute Gasteiger partial charge is 0.478 e. The maximum absolute atomic E-state index is 11.4. The summed E-state index contributed by atoms with van der Waals surface area (Å²) >= 11 is 0. The van der Waals surface area contributed by atoms with Gasteiger partial charge in [0.1, 0.15) is 6.61 Å². The topological polar surface area (TPSA) is 95.9 Å². The number of carbonyl (C=O) groups is 2. The minimum atomic E-state index is -1.17. The number of rotatable bonds is 21. The number of carboxylic acids is 1. The molecule has 0 aromatic heterocycles. The first-order chi connectivity index (χ1) is 14.5. The van der Waals surface area contributed by atoms with Crippen LogP contribution in [0, 0.1) is 0 Å². The highest BCUT2D eigenvalue weighted by Crippen LogP contribution is 2.15. The van der Waals surface area contributed by atoms with Crippen LogP contribution in [0.15, 0.2) is 12.2 Å². The van der Waals surface area contributed by atoms with Crippen molar-refractivity contribution >= 4 is 11.9 Å². The van der Waals surface area contributed by atoms with Crippen molar-refractivity contribution in [2.24, 2.45) is 0 Å². The summed E-state index contributed by atoms with van der Waals surface area (Å²) in [5.74, 6) is -1.81. The summed E-state index contributed by atoms with van der Waals surface area (Å²) in [5.41, 5.74) is 0. The first kappa shape index (κ1) is 28.6. The first-order valence-corrected chi connectivity index (χ1v) is 12.0. The SMILES string of the molecule is CCCCCCCCC(CCC(O)CCCCCC)NCCOC(=O)/C=C\C(=O)O. The average Bonchev–Trinajstić information content (AvgIpc) is 2.72. The summed E-state index contributed by atoms with van der Waals surface area (Å²) in [4.78, 5) is 21.8. The zero-order valence-electron chi connectivity index (χ0n) is 19.2. The number of hydrogen-bond donors (Lipinski definition) is 3. The molecule has 0 aliphatic carbocycles. The molecule has 0 fully saturated rings. The van der Waals surface area contributed by atoms with Gasteiger partial charge in [-0.2, -0.15) is 0 Å². The molecule has 0 heterocycles. The Morgan fingerprint density at radius 1 is 0.833 bits per heavy atom. The van der Waals surface area contributed by atoms with Gasteiger partial charge < -0.3 is 20.3 Å². The van der Waals surface area contributed by atoms with E-state index in [9.17, 15) is 14.7 Å². The van der Waals surface area contributed by atoms with Gasteiger partial charge >= 0.3 is 11.9 Å². The maximum atomic E-state index is 11.4. The lowest BCUT2D eigenvalue weighted by atomic mass is 9.98. The molecule has 0 spiro atoms. The van der Waals surface area contributed by atoms with Crippen molar-refractivity contribution in [3.8, 4) is 0 Å². The van der Waals surface area contributed by atoms with E-state index in [2.05, 4.69) is 19.2 Å². The molecule has 0 saturated heterocycles. The molecule has 0 aromatic rings. The molecule has 0 bridgehead atoms. The summed E-state index contributed by atoms with van der Waals surface area (Å²) in [6, 6.07) is 0.301. The standard InChI is InChI=1S/C24H45NO5/c1-3-5-7-9-10-11-13-21(15-16-22(26)14-12-8-6-4-2)25-19-20-30-24(29)18-17-23(27)28/h17-18,21-22,25-26H,3-16,19-20H2,1-2H3,(H,27,28)/b18-17-. The van der Waals surface area contributed by atoms with Gasteiger partial charge in [0.05, 0.1) is 6.10 Å². The van der Waals surface area contributed by atoms with Gasteiger partial charge in [-0.3, -0.25) is 0 Å². The van der Waals surface area contributed by atoms with E-state index in [0.29, 0.717) is 12.6 Å². The van der Waals surface area contributed by atoms with Crippen LogP contribution in [-0.4, -0.2) is 47.4 Å². The van der Waals surface area contributed by atoms with Crippen molar-refractivity contribution in [2.75, 3.05) is 13.2 Å². The second kappa shape index (κ2) is 20.9. The summed E-state index contributed by atoms with van der Waals surface area (Å²) in [6.07, 6.45) is 17.3. The molecule has 6 heteroatoms. The van der Waals surface area contributed by atoms with Crippen molar-refractivity contribution in [2.45, 2.75) is 116 Å². The fraction of sp³-hybridized carbons (Fsp3) is 0.833. The highest BCUT2D eigenvalue weighted by molar-refractivity contribution is 5.90. The van der Waals surface area contributed by atoms with Crippen LogP contribution in [0.1, 0.15) is 104 Å². The highest BCUT2D eigenvalue weighted by Gasteiger charge is 2.12. The molecule has 0 aliphatic heterocycles. The van der Waals surface area contributed by atoms with Crippen LogP contribution in [0.4, 0.5) is 0 Å². The number of hydrogen-bond acceptors (Lipinski definition) is 5. The molecule has 0 aromatic carbocycles. The van der Waals surface area contributed by atoms with Crippen molar-refractivity contribution < 1.29 is 24.5 Å². The molecule has 0 rings (SSSR count). The fourth-order valence-corrected chi connectivity index (χ4v) is 3.47. The molecule has 3 N–H and O–H groups in total. The molecule has 0 amide bonds. The number of ether oxygens (including phenoxy) is 1. The van der Waals surface area contributed by atoms with Crippen molar-refractivity contribution in [3.05, 3.63) is 12.2 Å². The Balaban J connectivity index is 4.19. The lowest BCUT2D eigenvalue weighted by molar-refractivity contribution is -0.138. The Kier molecular flexibility index (Phi) is 19.9. The predicted octanol–water partition coefficient (Wildman–Crippen LogP) is 4.99. The quantitative estimate of drug-likeness (QED) is 0.136. The van der Waals surface area contributed by atoms with E-state index in [-0.39, 0.29) is 12.7 Å². The van der Waals surface area contributed by atoms with Crippen molar-refractivity contribution in [3.63, 3.8) is 0 Å². The Labute approximate surface area is 183 Å². The number of carboxylic acid groups (broad SMARTS) is 1. The van der Waals surface area contributed by atoms with Gasteiger partial charge in [0.2, 0.25) is 0 Å². The average molecular weight is 428 g/mol. The summed E-state index contributed by atoms with van der Waals surface area (Å²) in [6.45, 7) is 5.14. The number of aliphatic hydroxyl groups is 1. The van der Waals surface area contributed by atoms with Gasteiger partial charge in [-0.25, -0.2) is 9.59 Å². The molecule has 6 nitrogen and oxygen atoms in total. The third-order valence-electron chi connectivity index (χ3n) is 5.29. The van der Waals surface area contributed by atoms with E-state index in [1.54, 1.807) is 0 Å². The fourth-order valence-electron chi connectivity index (χ4n) is 3.47. The van der Waals surface area contributed by atoms with E-state index in [4.69, 9.17) is 9.84 Å². The van der Waals surface area contributed by atoms with Crippen LogP contribution in [-0.2, 0) is 14.3 Å². The number of aliphatic hydroxyl groups excluding tert-OH is 1. The zero-order valence-corrected chi connectivity index (χ0v) is 19.2. The van der Waals surface area contributed by atoms with E-state index in [1.165, 1.54) is 51.4 Å². The van der Waals surface area contributed by atoms with E-state index in [1.807, 2.05) is 0 Å². The van der Waals surface area contributed by atoms with Crippen LogP contribution in [0.3, 0.4) is 0 Å². The monoisotopic (exact) mass is 427 g/mol. The third kappa shape index (κ3) is 19.9. The number of carbonyl (C=O) groups excluding carboxylic acids is 1. The Morgan fingerprint density at radius 2 is 1.43 bits per heavy atom. The zero-order chi connectivity index (χ0) is 22.5. The van der Waals surface area contributed by atoms with Crippen LogP contribution < -0.4 is 5.32 Å². The smallest absolute Gasteiger partial charge is 0.331 e. The first-order valence-electron chi connectivity index (χ1n) is 12.0. The van der Waals surface area contributed by atoms with Gasteiger partial charge in [-0.05, 0) is 25.7 Å². The van der Waals surface area contributed by atoms with E-state index < -0.39 is 11.9 Å². The Morgan fingerprint density at radius 3 is 2.10 bits per heavy atom. The van der Waals surface area contributed by atoms with Gasteiger partial charge in [-0.15, -0.1) is 0 Å². The van der Waals surface area contributed by atoms with Gasteiger partial charge in [0, 0.05) is 24.7 Å². The summed E-state index contributed by atoms with van der Waals surface area (Å²) < 4.78 is 5.01. The Bertz CT molecular complexity index is 453. The second-order valence-corrected chi connectivity index (χ2v) is 8.13. The minimum Gasteiger partial charge on any atom is -0.478 e. The maximum Gasteiger partial charge on any atom is 0.331 e. The molecular weight excluding hydrogens is 382 g/mol. The second-order valence-electron chi connectivity index (χ2n) is 8.13. The number of esters is 1. The predicted molar refractivity (Wildman–Crippen MR) is 122 cm³/mol. The molecule has 2 atom stereocenters. The molecule has 176 valence electrons. The van der Waals surface area contributed by atoms with E-state index >= 15 is 0 Å². The van der Waals surface area contributed by atoms with Crippen LogP contribution in [0.2, 0.25) is 0 Å². The molecular formula is C24H45NO5. The van der Waals surface area contributed by atoms with Crippen molar-refractivity contribution in [1.82, 2.24) is 5.32 Å². The normalized spacial score (nSPS) is 13.4. The lowest BCUT2D eigenvalue weighted by Crippen LogP contribution is -2.33. The molecule has 2 unspecified atom stereocenters. The van der Waals surface area contributed by atoms with E-state index in [0.717, 1.165) is 50.7 Å². The minimum absolute atomic E-state index is 0.204.